The largest absolute Gasteiger partial charge is 0.299 e. The van der Waals surface area contributed by atoms with E-state index in [1.807, 2.05) is 0 Å². The third kappa shape index (κ3) is 2.26. The van der Waals surface area contributed by atoms with Crippen LogP contribution in [-0.2, 0) is 4.79 Å². The summed E-state index contributed by atoms with van der Waals surface area (Å²) in [5.41, 5.74) is 0.0573. The van der Waals surface area contributed by atoms with Gasteiger partial charge in [0.25, 0.3) is 0 Å². The van der Waals surface area contributed by atoms with Gasteiger partial charge in [-0.2, -0.15) is 0 Å². The van der Waals surface area contributed by atoms with E-state index in [1.54, 1.807) is 0 Å². The molecule has 2 saturated carbocycles. The van der Waals surface area contributed by atoms with Crippen LogP contribution >= 0.6 is 0 Å². The first-order valence-corrected chi connectivity index (χ1v) is 6.66. The highest BCUT2D eigenvalue weighted by atomic mass is 16.1. The summed E-state index contributed by atoms with van der Waals surface area (Å²) in [6.07, 6.45) is 9.77. The molecule has 2 unspecified atom stereocenters. The lowest BCUT2D eigenvalue weighted by Gasteiger charge is -2.32. The van der Waals surface area contributed by atoms with Crippen LogP contribution in [0, 0.1) is 17.3 Å². The fraction of sp³-hybridized carbons (Fsp3) is 0.929. The molecular weight excluding hydrogens is 184 g/mol. The lowest BCUT2D eigenvalue weighted by atomic mass is 9.71. The van der Waals surface area contributed by atoms with E-state index in [4.69, 9.17) is 0 Å². The number of hydrogen-bond acceptors (Lipinski definition) is 1. The van der Waals surface area contributed by atoms with E-state index >= 15 is 0 Å². The van der Waals surface area contributed by atoms with Gasteiger partial charge >= 0.3 is 0 Å². The van der Waals surface area contributed by atoms with Gasteiger partial charge in [-0.05, 0) is 31.6 Å². The molecule has 15 heavy (non-hydrogen) atoms. The van der Waals surface area contributed by atoms with Crippen LogP contribution in [-0.4, -0.2) is 5.78 Å². The van der Waals surface area contributed by atoms with Crippen molar-refractivity contribution in [1.29, 1.82) is 0 Å². The molecule has 1 heteroatoms. The highest BCUT2D eigenvalue weighted by molar-refractivity contribution is 5.87. The summed E-state index contributed by atoms with van der Waals surface area (Å²) in [6.45, 7) is 4.51. The number of hydrogen-bond donors (Lipinski definition) is 0. The molecule has 0 N–H and O–H groups in total. The maximum Gasteiger partial charge on any atom is 0.141 e. The van der Waals surface area contributed by atoms with E-state index in [-0.39, 0.29) is 5.41 Å². The Kier molecular flexibility index (Phi) is 3.18. The number of rotatable bonds is 2. The average Bonchev–Trinajstić information content (AvgIpc) is 2.65. The summed E-state index contributed by atoms with van der Waals surface area (Å²) >= 11 is 0. The number of carbonyl (C=O) groups excluding carboxylic acids is 1. The first-order chi connectivity index (χ1) is 7.12. The molecule has 0 bridgehead atoms. The molecular formula is C14H24O. The molecule has 2 fully saturated rings. The number of ketones is 1. The highest BCUT2D eigenvalue weighted by Gasteiger charge is 2.40. The molecule has 2 atom stereocenters. The van der Waals surface area contributed by atoms with Crippen molar-refractivity contribution in [3.8, 4) is 0 Å². The van der Waals surface area contributed by atoms with Crippen LogP contribution in [0.5, 0.6) is 0 Å². The lowest BCUT2D eigenvalue weighted by Crippen LogP contribution is -2.33. The molecule has 2 rings (SSSR count). The van der Waals surface area contributed by atoms with Crippen LogP contribution in [0.4, 0.5) is 0 Å². The van der Waals surface area contributed by atoms with Gasteiger partial charge in [-0.3, -0.25) is 4.79 Å². The Hall–Kier alpha value is -0.330. The fourth-order valence-electron chi connectivity index (χ4n) is 3.57. The van der Waals surface area contributed by atoms with Crippen LogP contribution in [0.25, 0.3) is 0 Å². The Morgan fingerprint density at radius 1 is 1.13 bits per heavy atom. The molecule has 86 valence electrons. The van der Waals surface area contributed by atoms with Crippen molar-refractivity contribution < 1.29 is 4.79 Å². The maximum atomic E-state index is 12.5. The highest BCUT2D eigenvalue weighted by Crippen LogP contribution is 2.43. The van der Waals surface area contributed by atoms with E-state index in [0.29, 0.717) is 11.7 Å². The van der Waals surface area contributed by atoms with Crippen LogP contribution in [0.2, 0.25) is 0 Å². The predicted octanol–water partition coefficient (Wildman–Crippen LogP) is 3.96. The van der Waals surface area contributed by atoms with Gasteiger partial charge in [0.1, 0.15) is 5.78 Å². The zero-order valence-electron chi connectivity index (χ0n) is 10.2. The summed E-state index contributed by atoms with van der Waals surface area (Å²) in [6, 6.07) is 0. The minimum Gasteiger partial charge on any atom is -0.299 e. The van der Waals surface area contributed by atoms with E-state index in [2.05, 4.69) is 13.8 Å². The number of carbonyl (C=O) groups is 1. The van der Waals surface area contributed by atoms with Crippen molar-refractivity contribution in [1.82, 2.24) is 0 Å². The normalized spacial score (nSPS) is 35.3. The summed E-state index contributed by atoms with van der Waals surface area (Å²) in [4.78, 5) is 12.5. The quantitative estimate of drug-likeness (QED) is 0.671. The average molecular weight is 208 g/mol. The molecule has 0 radical (unpaired) electrons. The monoisotopic (exact) mass is 208 g/mol. The first kappa shape index (κ1) is 11.2. The molecule has 0 amide bonds. The van der Waals surface area contributed by atoms with Crippen LogP contribution < -0.4 is 0 Å². The van der Waals surface area contributed by atoms with Crippen LogP contribution in [0.15, 0.2) is 0 Å². The van der Waals surface area contributed by atoms with Crippen molar-refractivity contribution in [2.75, 3.05) is 0 Å². The molecule has 0 heterocycles. The molecule has 0 aliphatic heterocycles. The van der Waals surface area contributed by atoms with Crippen LogP contribution in [0.1, 0.15) is 65.2 Å². The Balaban J connectivity index is 2.00. The van der Waals surface area contributed by atoms with Gasteiger partial charge in [0, 0.05) is 11.3 Å². The van der Waals surface area contributed by atoms with E-state index < -0.39 is 0 Å². The smallest absolute Gasteiger partial charge is 0.141 e. The van der Waals surface area contributed by atoms with Gasteiger partial charge in [0.05, 0.1) is 0 Å². The Morgan fingerprint density at radius 2 is 1.80 bits per heavy atom. The van der Waals surface area contributed by atoms with E-state index in [0.717, 1.165) is 25.2 Å². The van der Waals surface area contributed by atoms with Gasteiger partial charge in [0.15, 0.2) is 0 Å². The zero-order chi connectivity index (χ0) is 10.9. The zero-order valence-corrected chi connectivity index (χ0v) is 10.2. The summed E-state index contributed by atoms with van der Waals surface area (Å²) < 4.78 is 0. The van der Waals surface area contributed by atoms with Crippen molar-refractivity contribution in [2.24, 2.45) is 17.3 Å². The predicted molar refractivity (Wildman–Crippen MR) is 62.7 cm³/mol. The van der Waals surface area contributed by atoms with Crippen LogP contribution in [0.3, 0.4) is 0 Å². The SMILES string of the molecule is CC1CCCC(C(=O)C2(C)CCCC2)C1. The van der Waals surface area contributed by atoms with E-state index in [9.17, 15) is 4.79 Å². The summed E-state index contributed by atoms with van der Waals surface area (Å²) in [5.74, 6) is 1.78. The molecule has 2 aliphatic carbocycles. The van der Waals surface area contributed by atoms with Gasteiger partial charge < -0.3 is 0 Å². The maximum absolute atomic E-state index is 12.5. The van der Waals surface area contributed by atoms with Gasteiger partial charge in [0.2, 0.25) is 0 Å². The standard InChI is InChI=1S/C14H24O/c1-11-6-5-7-12(10-11)13(15)14(2)8-3-4-9-14/h11-12H,3-10H2,1-2H3. The minimum absolute atomic E-state index is 0.0573. The second-order valence-electron chi connectivity index (χ2n) is 6.10. The lowest BCUT2D eigenvalue weighted by molar-refractivity contribution is -0.133. The topological polar surface area (TPSA) is 17.1 Å². The molecule has 1 nitrogen and oxygen atoms in total. The molecule has 0 aromatic heterocycles. The van der Waals surface area contributed by atoms with E-state index in [1.165, 1.54) is 32.1 Å². The fourth-order valence-corrected chi connectivity index (χ4v) is 3.57. The first-order valence-electron chi connectivity index (χ1n) is 6.66. The molecule has 0 saturated heterocycles. The van der Waals surface area contributed by atoms with Gasteiger partial charge in [-0.15, -0.1) is 0 Å². The molecule has 0 aromatic rings. The Bertz CT molecular complexity index is 238. The van der Waals surface area contributed by atoms with Gasteiger partial charge in [-0.1, -0.05) is 39.5 Å². The molecule has 0 spiro atoms. The summed E-state index contributed by atoms with van der Waals surface area (Å²) in [7, 11) is 0. The Labute approximate surface area is 93.6 Å². The Morgan fingerprint density at radius 3 is 2.40 bits per heavy atom. The second-order valence-corrected chi connectivity index (χ2v) is 6.10. The minimum atomic E-state index is 0.0573. The second kappa shape index (κ2) is 4.27. The van der Waals surface area contributed by atoms with Crippen molar-refractivity contribution in [3.05, 3.63) is 0 Å². The number of Topliss-reactive ketones (excluding diaryl/α,β-unsaturated/α-hetero) is 1. The van der Waals surface area contributed by atoms with Gasteiger partial charge in [-0.25, -0.2) is 0 Å². The molecule has 2 aliphatic rings. The third-order valence-electron chi connectivity index (χ3n) is 4.61. The summed E-state index contributed by atoms with van der Waals surface area (Å²) in [5, 5.41) is 0. The molecule has 0 aromatic carbocycles. The van der Waals surface area contributed by atoms with Crippen molar-refractivity contribution in [3.63, 3.8) is 0 Å². The third-order valence-corrected chi connectivity index (χ3v) is 4.61. The van der Waals surface area contributed by atoms with Crippen molar-refractivity contribution >= 4 is 5.78 Å². The van der Waals surface area contributed by atoms with Crippen molar-refractivity contribution in [2.45, 2.75) is 65.2 Å².